The molecule has 136 valence electrons. The van der Waals surface area contributed by atoms with E-state index in [0.717, 1.165) is 23.3 Å². The smallest absolute Gasteiger partial charge is 0.417 e. The predicted molar refractivity (Wildman–Crippen MR) is 98.0 cm³/mol. The first kappa shape index (κ1) is 18.0. The Morgan fingerprint density at radius 1 is 1.23 bits per heavy atom. The molecule has 1 saturated heterocycles. The van der Waals surface area contributed by atoms with Crippen molar-refractivity contribution in [2.75, 3.05) is 13.7 Å². The quantitative estimate of drug-likeness (QED) is 0.777. The van der Waals surface area contributed by atoms with E-state index in [9.17, 15) is 9.59 Å². The zero-order valence-corrected chi connectivity index (χ0v) is 15.1. The lowest BCUT2D eigenvalue weighted by molar-refractivity contribution is -0.129. The Hall–Kier alpha value is -2.82. The predicted octanol–water partition coefficient (Wildman–Crippen LogP) is 4.30. The molecule has 0 radical (unpaired) electrons. The average Bonchev–Trinajstić information content (AvgIpc) is 3.08. The van der Waals surface area contributed by atoms with Crippen LogP contribution >= 0.6 is 0 Å². The first-order chi connectivity index (χ1) is 12.6. The third-order valence-electron chi connectivity index (χ3n) is 4.81. The fraction of sp³-hybridized carbons (Fsp3) is 0.333. The summed E-state index contributed by atoms with van der Waals surface area (Å²) in [6, 6.07) is 16.9. The maximum Gasteiger partial charge on any atom is 0.417 e. The number of methoxy groups -OCH3 is 1. The van der Waals surface area contributed by atoms with Crippen LogP contribution in [0.5, 0.6) is 5.75 Å². The second kappa shape index (κ2) is 8.04. The van der Waals surface area contributed by atoms with Crippen molar-refractivity contribution in [3.05, 3.63) is 65.7 Å². The van der Waals surface area contributed by atoms with Crippen LogP contribution in [0.4, 0.5) is 4.79 Å². The molecular formula is C21H23NO4. The molecule has 0 unspecified atom stereocenters. The summed E-state index contributed by atoms with van der Waals surface area (Å²) in [5.41, 5.74) is 1.94. The number of nitrogens with zero attached hydrogens (tertiary/aromatic N) is 1. The van der Waals surface area contributed by atoms with Gasteiger partial charge in [-0.3, -0.25) is 4.79 Å². The molecule has 0 N–H and O–H groups in total. The Morgan fingerprint density at radius 2 is 2.00 bits per heavy atom. The summed E-state index contributed by atoms with van der Waals surface area (Å²) in [5, 5.41) is 0. The number of hydrogen-bond acceptors (Lipinski definition) is 4. The number of hydrogen-bond donors (Lipinski definition) is 0. The summed E-state index contributed by atoms with van der Waals surface area (Å²) >= 11 is 0. The number of rotatable bonds is 6. The summed E-state index contributed by atoms with van der Waals surface area (Å²) in [6.45, 7) is 2.24. The van der Waals surface area contributed by atoms with Gasteiger partial charge >= 0.3 is 6.09 Å². The lowest BCUT2D eigenvalue weighted by Crippen LogP contribution is -2.35. The number of imide groups is 1. The Labute approximate surface area is 153 Å². The van der Waals surface area contributed by atoms with Crippen LogP contribution in [0.25, 0.3) is 0 Å². The van der Waals surface area contributed by atoms with Crippen LogP contribution < -0.4 is 4.74 Å². The number of ether oxygens (including phenoxy) is 2. The minimum atomic E-state index is -0.565. The van der Waals surface area contributed by atoms with E-state index in [1.807, 2.05) is 61.5 Å². The van der Waals surface area contributed by atoms with Gasteiger partial charge in [0.25, 0.3) is 0 Å². The molecule has 2 aromatic carbocycles. The summed E-state index contributed by atoms with van der Waals surface area (Å²) in [7, 11) is 1.62. The molecule has 2 aromatic rings. The van der Waals surface area contributed by atoms with Gasteiger partial charge in [0.1, 0.15) is 18.4 Å². The monoisotopic (exact) mass is 353 g/mol. The van der Waals surface area contributed by atoms with Gasteiger partial charge in [0.2, 0.25) is 5.91 Å². The van der Waals surface area contributed by atoms with Gasteiger partial charge in [-0.25, -0.2) is 9.69 Å². The standard InChI is InChI=1S/C21H23NO4/c1-3-15(17-10-7-11-18(12-17)25-2)13-20(23)22-19(14-26-21(22)24)16-8-5-4-6-9-16/h4-12,15,19H,3,13-14H2,1-2H3/t15-,19+/m1/s1. The summed E-state index contributed by atoms with van der Waals surface area (Å²) < 4.78 is 10.4. The van der Waals surface area contributed by atoms with Crippen LogP contribution in [0.3, 0.4) is 0 Å². The van der Waals surface area contributed by atoms with E-state index >= 15 is 0 Å². The van der Waals surface area contributed by atoms with Gasteiger partial charge in [-0.15, -0.1) is 0 Å². The molecule has 0 aliphatic carbocycles. The molecular weight excluding hydrogens is 330 g/mol. The van der Waals surface area contributed by atoms with Gasteiger partial charge in [-0.1, -0.05) is 49.4 Å². The molecule has 0 spiro atoms. The third kappa shape index (κ3) is 3.72. The molecule has 0 saturated carbocycles. The van der Waals surface area contributed by atoms with Crippen LogP contribution in [0.15, 0.2) is 54.6 Å². The van der Waals surface area contributed by atoms with Crippen LogP contribution in [-0.2, 0) is 9.53 Å². The van der Waals surface area contributed by atoms with E-state index in [1.165, 1.54) is 4.90 Å². The molecule has 5 heteroatoms. The highest BCUT2D eigenvalue weighted by Crippen LogP contribution is 2.32. The van der Waals surface area contributed by atoms with Crippen LogP contribution in [-0.4, -0.2) is 30.6 Å². The fourth-order valence-electron chi connectivity index (χ4n) is 3.32. The van der Waals surface area contributed by atoms with Crippen molar-refractivity contribution in [2.24, 2.45) is 0 Å². The lowest BCUT2D eigenvalue weighted by atomic mass is 9.92. The largest absolute Gasteiger partial charge is 0.497 e. The third-order valence-corrected chi connectivity index (χ3v) is 4.81. The fourth-order valence-corrected chi connectivity index (χ4v) is 3.32. The summed E-state index contributed by atoms with van der Waals surface area (Å²) in [5.74, 6) is 0.564. The maximum absolute atomic E-state index is 12.9. The number of carbonyl (C=O) groups excluding carboxylic acids is 2. The molecule has 1 aliphatic rings. The Bertz CT molecular complexity index is 775. The van der Waals surface area contributed by atoms with Gasteiger partial charge < -0.3 is 9.47 Å². The Kier molecular flexibility index (Phi) is 5.56. The topological polar surface area (TPSA) is 55.8 Å². The van der Waals surface area contributed by atoms with E-state index < -0.39 is 6.09 Å². The second-order valence-electron chi connectivity index (χ2n) is 6.35. The Morgan fingerprint density at radius 3 is 2.69 bits per heavy atom. The van der Waals surface area contributed by atoms with Gasteiger partial charge in [-0.05, 0) is 35.6 Å². The summed E-state index contributed by atoms with van der Waals surface area (Å²) in [6.07, 6.45) is 0.476. The number of benzene rings is 2. The van der Waals surface area contributed by atoms with Crippen LogP contribution in [0.1, 0.15) is 42.9 Å². The molecule has 0 bridgehead atoms. The molecule has 5 nitrogen and oxygen atoms in total. The zero-order valence-electron chi connectivity index (χ0n) is 15.1. The molecule has 3 rings (SSSR count). The average molecular weight is 353 g/mol. The van der Waals surface area contributed by atoms with Crippen LogP contribution in [0.2, 0.25) is 0 Å². The molecule has 1 fully saturated rings. The van der Waals surface area contributed by atoms with E-state index in [0.29, 0.717) is 0 Å². The van der Waals surface area contributed by atoms with E-state index in [2.05, 4.69) is 0 Å². The first-order valence-electron chi connectivity index (χ1n) is 8.81. The number of carbonyl (C=O) groups is 2. The van der Waals surface area contributed by atoms with Crippen molar-refractivity contribution >= 4 is 12.0 Å². The van der Waals surface area contributed by atoms with Gasteiger partial charge in [0.05, 0.1) is 7.11 Å². The molecule has 0 aromatic heterocycles. The van der Waals surface area contributed by atoms with E-state index in [1.54, 1.807) is 7.11 Å². The van der Waals surface area contributed by atoms with Gasteiger partial charge in [0, 0.05) is 6.42 Å². The lowest BCUT2D eigenvalue weighted by Gasteiger charge is -2.23. The molecule has 26 heavy (non-hydrogen) atoms. The van der Waals surface area contributed by atoms with Crippen molar-refractivity contribution in [3.8, 4) is 5.75 Å². The molecule has 1 aliphatic heterocycles. The normalized spacial score (nSPS) is 17.7. The highest BCUT2D eigenvalue weighted by molar-refractivity contribution is 5.94. The van der Waals surface area contributed by atoms with Gasteiger partial charge in [0.15, 0.2) is 0 Å². The highest BCUT2D eigenvalue weighted by atomic mass is 16.6. The molecule has 1 heterocycles. The summed E-state index contributed by atoms with van der Waals surface area (Å²) in [4.78, 5) is 26.4. The van der Waals surface area contributed by atoms with E-state index in [-0.39, 0.29) is 30.9 Å². The van der Waals surface area contributed by atoms with Crippen LogP contribution in [0, 0.1) is 0 Å². The first-order valence-corrected chi connectivity index (χ1v) is 8.81. The molecule has 2 amide bonds. The SMILES string of the molecule is CC[C@H](CC(=O)N1C(=O)OC[C@H]1c1ccccc1)c1cccc(OC)c1. The second-order valence-corrected chi connectivity index (χ2v) is 6.35. The van der Waals surface area contributed by atoms with Gasteiger partial charge in [-0.2, -0.15) is 0 Å². The van der Waals surface area contributed by atoms with Crippen molar-refractivity contribution in [2.45, 2.75) is 31.7 Å². The number of amides is 2. The zero-order chi connectivity index (χ0) is 18.5. The number of cyclic esters (lactones) is 1. The minimum Gasteiger partial charge on any atom is -0.497 e. The van der Waals surface area contributed by atoms with Crippen molar-refractivity contribution in [1.82, 2.24) is 4.90 Å². The van der Waals surface area contributed by atoms with Crippen molar-refractivity contribution in [1.29, 1.82) is 0 Å². The van der Waals surface area contributed by atoms with Crippen molar-refractivity contribution in [3.63, 3.8) is 0 Å². The van der Waals surface area contributed by atoms with E-state index in [4.69, 9.17) is 9.47 Å². The Balaban J connectivity index is 1.79. The maximum atomic E-state index is 12.9. The molecule has 2 atom stereocenters. The van der Waals surface area contributed by atoms with Crippen molar-refractivity contribution < 1.29 is 19.1 Å². The minimum absolute atomic E-state index is 0.0161. The highest BCUT2D eigenvalue weighted by Gasteiger charge is 2.39.